The molecule has 47 valence electrons. The Morgan fingerprint density at radius 1 is 1.11 bits per heavy atom. The van der Waals surface area contributed by atoms with E-state index in [1.165, 1.54) is 0 Å². The largest absolute Gasteiger partial charge is 0.292 e. The van der Waals surface area contributed by atoms with Gasteiger partial charge in [0.1, 0.15) is 0 Å². The third-order valence-corrected chi connectivity index (χ3v) is 0.992. The van der Waals surface area contributed by atoms with Crippen LogP contribution in [0, 0.1) is 6.58 Å². The molecule has 0 spiro atoms. The molecular weight excluding hydrogens is 151 g/mol. The van der Waals surface area contributed by atoms with Crippen molar-refractivity contribution in [1.29, 1.82) is 0 Å². The molecule has 1 radical (unpaired) electrons. The van der Waals surface area contributed by atoms with E-state index in [4.69, 9.17) is 6.58 Å². The van der Waals surface area contributed by atoms with Crippen LogP contribution in [0.1, 0.15) is 5.56 Å². The molecule has 9 heavy (non-hydrogen) atoms. The number of hydrogen-bond donors (Lipinski definition) is 0. The van der Waals surface area contributed by atoms with E-state index in [2.05, 4.69) is 0 Å². The van der Waals surface area contributed by atoms with E-state index >= 15 is 0 Å². The van der Waals surface area contributed by atoms with Gasteiger partial charge in [0.2, 0.25) is 0 Å². The predicted octanol–water partition coefficient (Wildman–Crippen LogP) is 2.13. The van der Waals surface area contributed by atoms with Crippen LogP contribution in [0.2, 0.25) is 0 Å². The van der Waals surface area contributed by atoms with Crippen LogP contribution in [-0.4, -0.2) is 0 Å². The number of benzene rings is 1. The first-order chi connectivity index (χ1) is 3.93. The maximum Gasteiger partial charge on any atom is 0 e. The van der Waals surface area contributed by atoms with Crippen molar-refractivity contribution in [1.82, 2.24) is 0 Å². The van der Waals surface area contributed by atoms with Crippen molar-refractivity contribution in [3.8, 4) is 0 Å². The first kappa shape index (κ1) is 8.48. The summed E-state index contributed by atoms with van der Waals surface area (Å²) in [5, 5.41) is 0. The molecule has 0 bridgehead atoms. The van der Waals surface area contributed by atoms with Crippen molar-refractivity contribution in [2.45, 2.75) is 0 Å². The molecule has 0 unspecified atom stereocenters. The van der Waals surface area contributed by atoms with Gasteiger partial charge in [-0.3, -0.25) is 6.58 Å². The van der Waals surface area contributed by atoms with Gasteiger partial charge in [-0.2, -0.15) is 5.56 Å². The topological polar surface area (TPSA) is 0 Å². The summed E-state index contributed by atoms with van der Waals surface area (Å²) in [5.41, 5.74) is 1.06. The molecule has 0 heterocycles. The second-order valence-corrected chi connectivity index (χ2v) is 1.58. The van der Waals surface area contributed by atoms with E-state index in [-0.39, 0.29) is 17.1 Å². The summed E-state index contributed by atoms with van der Waals surface area (Å²) in [6, 6.07) is 9.80. The summed E-state index contributed by atoms with van der Waals surface area (Å²) in [6.07, 6.45) is 1.58. The van der Waals surface area contributed by atoms with Gasteiger partial charge in [-0.15, -0.1) is 12.1 Å². The molecule has 0 amide bonds. The average Bonchev–Trinajstić information content (AvgIpc) is 1.90. The van der Waals surface area contributed by atoms with Gasteiger partial charge in [-0.25, -0.2) is 6.08 Å². The Hall–Kier alpha value is -0.521. The molecule has 1 heteroatoms. The van der Waals surface area contributed by atoms with Crippen molar-refractivity contribution in [3.63, 3.8) is 0 Å². The second kappa shape index (κ2) is 4.37. The molecule has 0 atom stereocenters. The van der Waals surface area contributed by atoms with Gasteiger partial charge < -0.3 is 0 Å². The molecule has 0 saturated carbocycles. The Morgan fingerprint density at radius 3 is 2.00 bits per heavy atom. The average molecular weight is 158 g/mol. The standard InChI is InChI=1S/C8H7.Mn/c1-2-8-6-4-3-5-7-8;/h1-7H;/q-1;. The predicted molar refractivity (Wildman–Crippen MR) is 35.2 cm³/mol. The molecule has 0 aliphatic carbocycles. The Morgan fingerprint density at radius 2 is 1.67 bits per heavy atom. The molecule has 0 nitrogen and oxygen atoms in total. The van der Waals surface area contributed by atoms with Crippen LogP contribution in [-0.2, 0) is 17.1 Å². The molecule has 0 saturated heterocycles. The molecule has 0 aliphatic rings. The number of rotatable bonds is 1. The van der Waals surface area contributed by atoms with E-state index in [0.29, 0.717) is 0 Å². The van der Waals surface area contributed by atoms with E-state index in [1.54, 1.807) is 6.08 Å². The molecule has 0 fully saturated rings. The van der Waals surface area contributed by atoms with E-state index in [1.807, 2.05) is 30.3 Å². The van der Waals surface area contributed by atoms with Crippen LogP contribution in [0.15, 0.2) is 30.3 Å². The fraction of sp³-hybridized carbons (Fsp3) is 0. The van der Waals surface area contributed by atoms with Gasteiger partial charge in [0.15, 0.2) is 0 Å². The maximum atomic E-state index is 5.22. The molecular formula is C8H7Mn-. The van der Waals surface area contributed by atoms with Gasteiger partial charge in [0, 0.05) is 17.1 Å². The summed E-state index contributed by atoms with van der Waals surface area (Å²) in [7, 11) is 0. The van der Waals surface area contributed by atoms with Crippen LogP contribution in [0.4, 0.5) is 0 Å². The van der Waals surface area contributed by atoms with Crippen molar-refractivity contribution in [2.24, 2.45) is 0 Å². The quantitative estimate of drug-likeness (QED) is 0.433. The number of hydrogen-bond acceptors (Lipinski definition) is 0. The maximum absolute atomic E-state index is 5.22. The Labute approximate surface area is 66.1 Å². The van der Waals surface area contributed by atoms with E-state index < -0.39 is 0 Å². The zero-order valence-corrected chi connectivity index (χ0v) is 6.10. The first-order valence-electron chi connectivity index (χ1n) is 2.53. The van der Waals surface area contributed by atoms with Crippen LogP contribution in [0.25, 0.3) is 6.08 Å². The monoisotopic (exact) mass is 158 g/mol. The molecule has 1 aromatic carbocycles. The van der Waals surface area contributed by atoms with Gasteiger partial charge in [0.05, 0.1) is 0 Å². The SMILES string of the molecule is [CH-]=Cc1ccccc1.[Mn]. The van der Waals surface area contributed by atoms with Crippen molar-refractivity contribution in [3.05, 3.63) is 42.5 Å². The Kier molecular flexibility index (Phi) is 4.11. The third kappa shape index (κ3) is 2.50. The summed E-state index contributed by atoms with van der Waals surface area (Å²) < 4.78 is 0. The van der Waals surface area contributed by atoms with E-state index in [0.717, 1.165) is 5.56 Å². The van der Waals surface area contributed by atoms with Gasteiger partial charge in [0.25, 0.3) is 0 Å². The zero-order valence-electron chi connectivity index (χ0n) is 4.92. The fourth-order valence-corrected chi connectivity index (χ4v) is 0.564. The van der Waals surface area contributed by atoms with Gasteiger partial charge in [-0.05, 0) is 0 Å². The van der Waals surface area contributed by atoms with Crippen molar-refractivity contribution < 1.29 is 17.1 Å². The minimum Gasteiger partial charge on any atom is -0.292 e. The molecule has 0 N–H and O–H groups in total. The normalized spacial score (nSPS) is 7.56. The molecule has 1 rings (SSSR count). The second-order valence-electron chi connectivity index (χ2n) is 1.58. The third-order valence-electron chi connectivity index (χ3n) is 0.992. The summed E-state index contributed by atoms with van der Waals surface area (Å²) in [5.74, 6) is 0. The first-order valence-corrected chi connectivity index (χ1v) is 2.53. The minimum atomic E-state index is 0. The summed E-state index contributed by atoms with van der Waals surface area (Å²) >= 11 is 0. The van der Waals surface area contributed by atoms with Gasteiger partial charge in [-0.1, -0.05) is 18.2 Å². The Balaban J connectivity index is 0.000000640. The van der Waals surface area contributed by atoms with Crippen LogP contribution < -0.4 is 0 Å². The molecule has 1 aromatic rings. The fourth-order valence-electron chi connectivity index (χ4n) is 0.564. The minimum absolute atomic E-state index is 0. The molecule has 0 aromatic heterocycles. The summed E-state index contributed by atoms with van der Waals surface area (Å²) in [4.78, 5) is 0. The van der Waals surface area contributed by atoms with E-state index in [9.17, 15) is 0 Å². The smallest absolute Gasteiger partial charge is 0 e. The van der Waals surface area contributed by atoms with Crippen LogP contribution in [0.3, 0.4) is 0 Å². The van der Waals surface area contributed by atoms with Crippen molar-refractivity contribution >= 4 is 6.08 Å². The summed E-state index contributed by atoms with van der Waals surface area (Å²) in [6.45, 7) is 5.22. The molecule has 0 aliphatic heterocycles. The van der Waals surface area contributed by atoms with Crippen LogP contribution in [0.5, 0.6) is 0 Å². The zero-order chi connectivity index (χ0) is 5.82. The van der Waals surface area contributed by atoms with Crippen LogP contribution >= 0.6 is 0 Å². The Bertz CT molecular complexity index is 167. The van der Waals surface area contributed by atoms with Gasteiger partial charge >= 0.3 is 0 Å². The van der Waals surface area contributed by atoms with Crippen molar-refractivity contribution in [2.75, 3.05) is 0 Å².